The van der Waals surface area contributed by atoms with Crippen molar-refractivity contribution < 1.29 is 27.9 Å². The van der Waals surface area contributed by atoms with Gasteiger partial charge in [0.15, 0.2) is 0 Å². The van der Waals surface area contributed by atoms with Crippen LogP contribution in [0, 0.1) is 0 Å². The Hall–Kier alpha value is -2.32. The van der Waals surface area contributed by atoms with Crippen molar-refractivity contribution >= 4 is 11.9 Å². The van der Waals surface area contributed by atoms with Crippen molar-refractivity contribution in [3.63, 3.8) is 0 Å². The van der Waals surface area contributed by atoms with E-state index in [4.69, 9.17) is 5.11 Å². The molecule has 1 heterocycles. The van der Waals surface area contributed by atoms with Crippen molar-refractivity contribution in [2.24, 2.45) is 0 Å². The summed E-state index contributed by atoms with van der Waals surface area (Å²) in [5.74, 6) is -3.50. The van der Waals surface area contributed by atoms with E-state index in [1.807, 2.05) is 0 Å². The van der Waals surface area contributed by atoms with Gasteiger partial charge in [0.2, 0.25) is 11.1 Å². The fourth-order valence-electron chi connectivity index (χ4n) is 1.10. The van der Waals surface area contributed by atoms with Crippen molar-refractivity contribution in [2.75, 3.05) is 0 Å². The number of carboxylic acid groups (broad SMARTS) is 1. The minimum absolute atomic E-state index is 0.295. The third kappa shape index (κ3) is 2.92. The van der Waals surface area contributed by atoms with Gasteiger partial charge in [0, 0.05) is 12.3 Å². The summed E-state index contributed by atoms with van der Waals surface area (Å²) in [6.45, 7) is 0.332. The smallest absolute Gasteiger partial charge is 0.422 e. The maximum Gasteiger partial charge on any atom is 0.422 e. The summed E-state index contributed by atoms with van der Waals surface area (Å²) >= 11 is 0. The Morgan fingerprint density at radius 2 is 1.89 bits per heavy atom. The molecule has 3 N–H and O–H groups in total. The van der Waals surface area contributed by atoms with Crippen LogP contribution in [0.1, 0.15) is 17.3 Å². The van der Waals surface area contributed by atoms with E-state index in [0.29, 0.717) is 6.92 Å². The van der Waals surface area contributed by atoms with Crippen LogP contribution in [0.15, 0.2) is 23.1 Å². The Bertz CT molecular complexity index is 546. The molecule has 0 aliphatic rings. The number of aromatic nitrogens is 1. The van der Waals surface area contributed by atoms with Crippen LogP contribution >= 0.6 is 0 Å². The molecule has 0 saturated carbocycles. The summed E-state index contributed by atoms with van der Waals surface area (Å²) in [6.07, 6.45) is -4.28. The van der Waals surface area contributed by atoms with Gasteiger partial charge in [-0.1, -0.05) is 0 Å². The van der Waals surface area contributed by atoms with Gasteiger partial charge >= 0.3 is 12.1 Å². The molecule has 0 saturated heterocycles. The molecular weight excluding hydrogens is 269 g/mol. The predicted octanol–water partition coefficient (Wildman–Crippen LogP) is 0.510. The van der Waals surface area contributed by atoms with Gasteiger partial charge in [0.1, 0.15) is 0 Å². The predicted molar refractivity (Wildman–Crippen MR) is 56.6 cm³/mol. The Morgan fingerprint density at radius 3 is 2.26 bits per heavy atom. The molecule has 0 aliphatic heterocycles. The molecule has 0 bridgehead atoms. The summed E-state index contributed by atoms with van der Waals surface area (Å²) in [5, 5.41) is 10.00. The first-order chi connectivity index (χ1) is 8.58. The van der Waals surface area contributed by atoms with E-state index in [1.54, 1.807) is 0 Å². The Kier molecular flexibility index (Phi) is 3.68. The number of rotatable bonds is 3. The lowest BCUT2D eigenvalue weighted by atomic mass is 10.0. The summed E-state index contributed by atoms with van der Waals surface area (Å²) < 4.78 is 37.9. The Morgan fingerprint density at radius 1 is 1.32 bits per heavy atom. The van der Waals surface area contributed by atoms with E-state index in [-0.39, 0.29) is 5.56 Å². The average molecular weight is 278 g/mol. The number of halogens is 3. The Labute approximate surface area is 104 Å². The van der Waals surface area contributed by atoms with Crippen LogP contribution in [-0.4, -0.2) is 33.7 Å². The highest BCUT2D eigenvalue weighted by Gasteiger charge is 2.58. The maximum absolute atomic E-state index is 12.6. The third-order valence-electron chi connectivity index (χ3n) is 2.40. The number of amides is 1. The fraction of sp³-hybridized carbons (Fsp3) is 0.300. The molecule has 6 nitrogen and oxygen atoms in total. The molecule has 0 radical (unpaired) electrons. The lowest BCUT2D eigenvalue weighted by Crippen LogP contribution is -2.61. The number of H-pyrrole nitrogens is 1. The molecular formula is C10H9F3N2O4. The van der Waals surface area contributed by atoms with E-state index in [2.05, 4.69) is 4.98 Å². The molecule has 0 aliphatic carbocycles. The van der Waals surface area contributed by atoms with Gasteiger partial charge in [-0.05, 0) is 13.0 Å². The minimum Gasteiger partial charge on any atom is -0.479 e. The quantitative estimate of drug-likeness (QED) is 0.750. The zero-order chi connectivity index (χ0) is 14.8. The zero-order valence-corrected chi connectivity index (χ0v) is 9.54. The van der Waals surface area contributed by atoms with Gasteiger partial charge in [-0.2, -0.15) is 13.2 Å². The van der Waals surface area contributed by atoms with Gasteiger partial charge in [0.25, 0.3) is 5.91 Å². The van der Waals surface area contributed by atoms with Crippen molar-refractivity contribution in [2.45, 2.75) is 18.6 Å². The van der Waals surface area contributed by atoms with Gasteiger partial charge in [-0.15, -0.1) is 0 Å². The average Bonchev–Trinajstić information content (AvgIpc) is 2.27. The number of hydrogen-bond acceptors (Lipinski definition) is 3. The topological polar surface area (TPSA) is 99.3 Å². The van der Waals surface area contributed by atoms with Crippen LogP contribution in [0.4, 0.5) is 13.2 Å². The second kappa shape index (κ2) is 4.75. The van der Waals surface area contributed by atoms with Crippen LogP contribution in [-0.2, 0) is 4.79 Å². The van der Waals surface area contributed by atoms with E-state index < -0.39 is 29.2 Å². The molecule has 104 valence electrons. The number of hydrogen-bond donors (Lipinski definition) is 3. The second-order valence-corrected chi connectivity index (χ2v) is 3.82. The van der Waals surface area contributed by atoms with Crippen molar-refractivity contribution in [1.82, 2.24) is 10.3 Å². The summed E-state index contributed by atoms with van der Waals surface area (Å²) in [5.41, 5.74) is -4.26. The van der Waals surface area contributed by atoms with Gasteiger partial charge in [-0.25, -0.2) is 4.79 Å². The number of nitrogens with one attached hydrogen (secondary N) is 2. The molecule has 1 unspecified atom stereocenters. The standard InChI is InChI=1S/C10H9F3N2O4/c1-9(8(18)19,10(11,12)13)15-7(17)5-2-3-6(16)14-4-5/h2-4H,1H3,(H,14,16)(H,15,17)(H,18,19). The highest BCUT2D eigenvalue weighted by Crippen LogP contribution is 2.30. The van der Waals surface area contributed by atoms with Crippen molar-refractivity contribution in [1.29, 1.82) is 0 Å². The van der Waals surface area contributed by atoms with Crippen LogP contribution in [0.3, 0.4) is 0 Å². The number of carboxylic acids is 1. The zero-order valence-electron chi connectivity index (χ0n) is 9.54. The van der Waals surface area contributed by atoms with E-state index in [9.17, 15) is 27.6 Å². The maximum atomic E-state index is 12.6. The summed E-state index contributed by atoms with van der Waals surface area (Å²) in [6, 6.07) is 1.91. The lowest BCUT2D eigenvalue weighted by Gasteiger charge is -2.28. The number of aromatic amines is 1. The van der Waals surface area contributed by atoms with E-state index >= 15 is 0 Å². The lowest BCUT2D eigenvalue weighted by molar-refractivity contribution is -0.203. The van der Waals surface area contributed by atoms with Gasteiger partial charge in [0.05, 0.1) is 5.56 Å². The van der Waals surface area contributed by atoms with Crippen LogP contribution < -0.4 is 10.9 Å². The van der Waals surface area contributed by atoms with E-state index in [0.717, 1.165) is 18.3 Å². The minimum atomic E-state index is -5.17. The molecule has 1 aromatic rings. The van der Waals surface area contributed by atoms with Gasteiger partial charge < -0.3 is 15.4 Å². The molecule has 1 amide bonds. The second-order valence-electron chi connectivity index (χ2n) is 3.82. The molecule has 0 spiro atoms. The first kappa shape index (κ1) is 14.7. The number of carbonyl (C=O) groups excluding carboxylic acids is 1. The summed E-state index contributed by atoms with van der Waals surface area (Å²) in [7, 11) is 0. The van der Waals surface area contributed by atoms with Gasteiger partial charge in [-0.3, -0.25) is 9.59 Å². The molecule has 0 aromatic carbocycles. The number of pyridine rings is 1. The molecule has 0 fully saturated rings. The highest BCUT2D eigenvalue weighted by molar-refractivity contribution is 5.97. The monoisotopic (exact) mass is 278 g/mol. The van der Waals surface area contributed by atoms with Crippen molar-refractivity contribution in [3.8, 4) is 0 Å². The fourth-order valence-corrected chi connectivity index (χ4v) is 1.10. The highest BCUT2D eigenvalue weighted by atomic mass is 19.4. The normalized spacial score (nSPS) is 14.5. The molecule has 19 heavy (non-hydrogen) atoms. The number of carbonyl (C=O) groups is 2. The SMILES string of the molecule is CC(NC(=O)c1ccc(=O)[nH]c1)(C(=O)O)C(F)(F)F. The third-order valence-corrected chi connectivity index (χ3v) is 2.40. The molecule has 1 rings (SSSR count). The van der Waals surface area contributed by atoms with Crippen LogP contribution in [0.2, 0.25) is 0 Å². The molecule has 9 heteroatoms. The van der Waals surface area contributed by atoms with E-state index in [1.165, 1.54) is 5.32 Å². The van der Waals surface area contributed by atoms with Crippen LogP contribution in [0.25, 0.3) is 0 Å². The van der Waals surface area contributed by atoms with Crippen molar-refractivity contribution in [3.05, 3.63) is 34.2 Å². The number of aliphatic carboxylic acids is 1. The summed E-state index contributed by atoms with van der Waals surface area (Å²) in [4.78, 5) is 35.0. The molecule has 1 atom stereocenters. The van der Waals surface area contributed by atoms with Crippen LogP contribution in [0.5, 0.6) is 0 Å². The molecule has 1 aromatic heterocycles. The largest absolute Gasteiger partial charge is 0.479 e. The number of alkyl halides is 3. The Balaban J connectivity index is 3.05. The first-order valence-corrected chi connectivity index (χ1v) is 4.89. The first-order valence-electron chi connectivity index (χ1n) is 4.89.